The lowest BCUT2D eigenvalue weighted by molar-refractivity contribution is 0.0928. The predicted octanol–water partition coefficient (Wildman–Crippen LogP) is 0.883. The lowest BCUT2D eigenvalue weighted by Crippen LogP contribution is -2.52. The summed E-state index contributed by atoms with van der Waals surface area (Å²) in [4.78, 5) is 25.4. The number of nitrogens with one attached hydrogen (secondary N) is 3. The van der Waals surface area contributed by atoms with Gasteiger partial charge in [-0.25, -0.2) is 0 Å². The third-order valence-corrected chi connectivity index (χ3v) is 3.85. The van der Waals surface area contributed by atoms with Crippen LogP contribution in [-0.2, 0) is 0 Å². The Labute approximate surface area is 112 Å². The summed E-state index contributed by atoms with van der Waals surface area (Å²) in [5.74, 6) is -0.153. The second-order valence-corrected chi connectivity index (χ2v) is 5.75. The van der Waals surface area contributed by atoms with Gasteiger partial charge in [-0.2, -0.15) is 0 Å². The van der Waals surface area contributed by atoms with Crippen LogP contribution in [0.1, 0.15) is 37.0 Å². The van der Waals surface area contributed by atoms with E-state index in [-0.39, 0.29) is 22.9 Å². The Hall–Kier alpha value is -1.62. The Kier molecular flexibility index (Phi) is 4.04. The Morgan fingerprint density at radius 2 is 2.26 bits per heavy atom. The molecule has 5 heteroatoms. The van der Waals surface area contributed by atoms with Crippen LogP contribution in [0.3, 0.4) is 0 Å². The van der Waals surface area contributed by atoms with E-state index in [1.165, 1.54) is 31.2 Å². The normalized spacial score (nSPS) is 21.9. The van der Waals surface area contributed by atoms with Crippen molar-refractivity contribution in [3.63, 3.8) is 0 Å². The number of carbonyl (C=O) groups is 1. The Bertz CT molecular complexity index is 487. The van der Waals surface area contributed by atoms with Gasteiger partial charge in [0.05, 0.1) is 5.56 Å². The van der Waals surface area contributed by atoms with Crippen molar-refractivity contribution in [2.45, 2.75) is 32.7 Å². The van der Waals surface area contributed by atoms with Gasteiger partial charge in [-0.15, -0.1) is 0 Å². The first-order valence-electron chi connectivity index (χ1n) is 6.69. The van der Waals surface area contributed by atoms with Crippen LogP contribution in [0.5, 0.6) is 0 Å². The number of amides is 1. The lowest BCUT2D eigenvalue weighted by atomic mass is 9.77. The molecule has 3 N–H and O–H groups in total. The van der Waals surface area contributed by atoms with Crippen LogP contribution < -0.4 is 16.2 Å². The van der Waals surface area contributed by atoms with E-state index in [2.05, 4.69) is 29.5 Å². The molecule has 0 saturated carbocycles. The Morgan fingerprint density at radius 3 is 2.89 bits per heavy atom. The molecular weight excluding hydrogens is 242 g/mol. The van der Waals surface area contributed by atoms with Gasteiger partial charge in [0, 0.05) is 24.8 Å². The smallest absolute Gasteiger partial charge is 0.252 e. The minimum atomic E-state index is -0.202. The first-order valence-corrected chi connectivity index (χ1v) is 6.69. The molecule has 0 radical (unpaired) electrons. The molecule has 0 aliphatic carbocycles. The number of aromatic amines is 1. The summed E-state index contributed by atoms with van der Waals surface area (Å²) in [5, 5.41) is 6.37. The highest BCUT2D eigenvalue weighted by molar-refractivity contribution is 5.93. The number of H-pyrrole nitrogens is 1. The van der Waals surface area contributed by atoms with E-state index in [1.54, 1.807) is 0 Å². The van der Waals surface area contributed by atoms with Gasteiger partial charge in [-0.3, -0.25) is 9.59 Å². The maximum absolute atomic E-state index is 11.9. The largest absolute Gasteiger partial charge is 0.350 e. The highest BCUT2D eigenvalue weighted by Gasteiger charge is 2.31. The minimum Gasteiger partial charge on any atom is -0.350 e. The van der Waals surface area contributed by atoms with Gasteiger partial charge in [0.25, 0.3) is 5.91 Å². The van der Waals surface area contributed by atoms with E-state index in [9.17, 15) is 9.59 Å². The summed E-state index contributed by atoms with van der Waals surface area (Å²) in [7, 11) is 0. The average Bonchev–Trinajstić information content (AvgIpc) is 2.37. The number of rotatable bonds is 3. The van der Waals surface area contributed by atoms with Gasteiger partial charge in [0.15, 0.2) is 0 Å². The van der Waals surface area contributed by atoms with Gasteiger partial charge in [0.1, 0.15) is 0 Å². The molecule has 1 aromatic heterocycles. The molecule has 1 saturated heterocycles. The maximum Gasteiger partial charge on any atom is 0.252 e. The van der Waals surface area contributed by atoms with Crippen molar-refractivity contribution in [2.24, 2.45) is 5.41 Å². The second kappa shape index (κ2) is 5.57. The molecule has 1 aliphatic rings. The Balaban J connectivity index is 1.93. The zero-order valence-electron chi connectivity index (χ0n) is 11.5. The van der Waals surface area contributed by atoms with Crippen LogP contribution in [-0.4, -0.2) is 30.0 Å². The van der Waals surface area contributed by atoms with E-state index in [1.807, 2.05) is 0 Å². The van der Waals surface area contributed by atoms with Gasteiger partial charge < -0.3 is 15.6 Å². The van der Waals surface area contributed by atoms with Crippen LogP contribution in [0.15, 0.2) is 23.1 Å². The molecule has 1 unspecified atom stereocenters. The first-order chi connectivity index (χ1) is 8.99. The number of piperidine rings is 1. The fraction of sp³-hybridized carbons (Fsp3) is 0.571. The summed E-state index contributed by atoms with van der Waals surface area (Å²) in [6.45, 7) is 6.04. The third-order valence-electron chi connectivity index (χ3n) is 3.85. The highest BCUT2D eigenvalue weighted by atomic mass is 16.1. The van der Waals surface area contributed by atoms with Crippen molar-refractivity contribution in [1.82, 2.24) is 15.6 Å². The molecule has 1 atom stereocenters. The van der Waals surface area contributed by atoms with E-state index < -0.39 is 0 Å². The Morgan fingerprint density at radius 1 is 1.47 bits per heavy atom. The van der Waals surface area contributed by atoms with E-state index in [4.69, 9.17) is 0 Å². The van der Waals surface area contributed by atoms with Gasteiger partial charge in [-0.1, -0.05) is 13.8 Å². The molecule has 1 amide bonds. The third kappa shape index (κ3) is 3.44. The van der Waals surface area contributed by atoms with Gasteiger partial charge in [0.2, 0.25) is 5.56 Å². The van der Waals surface area contributed by atoms with Crippen molar-refractivity contribution in [3.05, 3.63) is 34.2 Å². The maximum atomic E-state index is 11.9. The number of hydrogen-bond acceptors (Lipinski definition) is 3. The van der Waals surface area contributed by atoms with Crippen molar-refractivity contribution < 1.29 is 4.79 Å². The fourth-order valence-electron chi connectivity index (χ4n) is 2.47. The van der Waals surface area contributed by atoms with E-state index in [0.717, 1.165) is 6.54 Å². The van der Waals surface area contributed by atoms with Gasteiger partial charge in [-0.05, 0) is 30.9 Å². The van der Waals surface area contributed by atoms with Crippen molar-refractivity contribution in [1.29, 1.82) is 0 Å². The van der Waals surface area contributed by atoms with Crippen LogP contribution in [0.4, 0.5) is 0 Å². The summed E-state index contributed by atoms with van der Waals surface area (Å²) in [6.07, 6.45) is 3.79. The molecule has 0 bridgehead atoms. The molecule has 2 rings (SSSR count). The molecule has 1 aliphatic heterocycles. The van der Waals surface area contributed by atoms with Crippen molar-refractivity contribution in [2.75, 3.05) is 13.1 Å². The van der Waals surface area contributed by atoms with E-state index >= 15 is 0 Å². The minimum absolute atomic E-state index is 0.153. The quantitative estimate of drug-likeness (QED) is 0.758. The standard InChI is InChI=1S/C14H21N3O2/c1-14(2)6-3-7-15-11(14)9-17-13(19)10-4-5-12(18)16-8-10/h4-5,8,11,15H,3,6-7,9H2,1-2H3,(H,16,18)(H,17,19). The van der Waals surface area contributed by atoms with E-state index in [0.29, 0.717) is 12.1 Å². The van der Waals surface area contributed by atoms with Crippen LogP contribution in [0.2, 0.25) is 0 Å². The SMILES string of the molecule is CC1(C)CCCNC1CNC(=O)c1ccc(=O)[nH]c1. The first kappa shape index (κ1) is 13.8. The van der Waals surface area contributed by atoms with Crippen molar-refractivity contribution in [3.8, 4) is 0 Å². The molecule has 0 aromatic carbocycles. The summed E-state index contributed by atoms with van der Waals surface area (Å²) < 4.78 is 0. The number of hydrogen-bond donors (Lipinski definition) is 3. The number of carbonyl (C=O) groups excluding carboxylic acids is 1. The molecule has 1 fully saturated rings. The molecule has 2 heterocycles. The predicted molar refractivity (Wildman–Crippen MR) is 74.2 cm³/mol. The van der Waals surface area contributed by atoms with Crippen LogP contribution in [0, 0.1) is 5.41 Å². The summed E-state index contributed by atoms with van der Waals surface area (Å²) in [6, 6.07) is 3.18. The van der Waals surface area contributed by atoms with Gasteiger partial charge >= 0.3 is 0 Å². The zero-order valence-corrected chi connectivity index (χ0v) is 11.5. The molecule has 104 valence electrons. The highest BCUT2D eigenvalue weighted by Crippen LogP contribution is 2.29. The zero-order chi connectivity index (χ0) is 13.9. The van der Waals surface area contributed by atoms with Crippen LogP contribution in [0.25, 0.3) is 0 Å². The number of aromatic nitrogens is 1. The molecule has 5 nitrogen and oxygen atoms in total. The topological polar surface area (TPSA) is 74.0 Å². The monoisotopic (exact) mass is 263 g/mol. The molecule has 19 heavy (non-hydrogen) atoms. The molecule has 0 spiro atoms. The summed E-state index contributed by atoms with van der Waals surface area (Å²) in [5.41, 5.74) is 0.469. The van der Waals surface area contributed by atoms with Crippen molar-refractivity contribution >= 4 is 5.91 Å². The average molecular weight is 263 g/mol. The molecule has 1 aromatic rings. The fourth-order valence-corrected chi connectivity index (χ4v) is 2.47. The van der Waals surface area contributed by atoms with Crippen LogP contribution >= 0.6 is 0 Å². The summed E-state index contributed by atoms with van der Waals surface area (Å²) >= 11 is 0. The molecular formula is C14H21N3O2. The second-order valence-electron chi connectivity index (χ2n) is 5.75. The number of pyridine rings is 1. The lowest BCUT2D eigenvalue weighted by Gasteiger charge is -2.39.